The maximum atomic E-state index is 6.30. The van der Waals surface area contributed by atoms with E-state index in [2.05, 4.69) is 15.4 Å². The number of nitrogens with zero attached hydrogens (tertiary/aromatic N) is 4. The Hall–Kier alpha value is -2.57. The maximum Gasteiger partial charge on any atom is 0.162 e. The van der Waals surface area contributed by atoms with Gasteiger partial charge in [0.2, 0.25) is 0 Å². The van der Waals surface area contributed by atoms with Crippen molar-refractivity contribution in [2.24, 2.45) is 0 Å². The van der Waals surface area contributed by atoms with Crippen LogP contribution >= 0.6 is 23.2 Å². The fraction of sp³-hybridized carbons (Fsp3) is 0.118. The van der Waals surface area contributed by atoms with Gasteiger partial charge in [-0.25, -0.2) is 0 Å². The first-order valence-electron chi connectivity index (χ1n) is 7.31. The van der Waals surface area contributed by atoms with E-state index in [0.717, 1.165) is 11.3 Å². The quantitative estimate of drug-likeness (QED) is 0.604. The normalized spacial score (nSPS) is 11.4. The minimum Gasteiger partial charge on any atom is -0.497 e. The molecule has 0 radical (unpaired) electrons. The van der Waals surface area contributed by atoms with Crippen LogP contribution in [0.1, 0.15) is 11.1 Å². The van der Waals surface area contributed by atoms with E-state index < -0.39 is 0 Å². The molecule has 8 heteroatoms. The average molecular weight is 377 g/mol. The summed E-state index contributed by atoms with van der Waals surface area (Å²) in [7, 11) is 1.63. The number of tetrazole rings is 1. The van der Waals surface area contributed by atoms with Crippen molar-refractivity contribution in [1.82, 2.24) is 20.2 Å². The molecule has 3 aromatic rings. The molecule has 0 saturated carbocycles. The lowest BCUT2D eigenvalue weighted by Crippen LogP contribution is -2.00. The number of benzene rings is 2. The number of methoxy groups -OCH3 is 1. The predicted octanol–water partition coefficient (Wildman–Crippen LogP) is 4.16. The van der Waals surface area contributed by atoms with Gasteiger partial charge in [0.25, 0.3) is 0 Å². The molecule has 0 spiro atoms. The van der Waals surface area contributed by atoms with Crippen molar-refractivity contribution in [2.75, 3.05) is 7.11 Å². The van der Waals surface area contributed by atoms with Gasteiger partial charge in [0.15, 0.2) is 6.33 Å². The van der Waals surface area contributed by atoms with E-state index in [9.17, 15) is 0 Å². The Morgan fingerprint density at radius 2 is 1.96 bits per heavy atom. The summed E-state index contributed by atoms with van der Waals surface area (Å²) in [5, 5.41) is 12.5. The first kappa shape index (κ1) is 17.3. The van der Waals surface area contributed by atoms with Gasteiger partial charge in [-0.15, -0.1) is 15.0 Å². The van der Waals surface area contributed by atoms with Crippen LogP contribution in [0.15, 0.2) is 48.8 Å². The second-order valence-electron chi connectivity index (χ2n) is 5.01. The Morgan fingerprint density at radius 3 is 2.60 bits per heavy atom. The third-order valence-corrected chi connectivity index (χ3v) is 3.90. The first-order valence-corrected chi connectivity index (χ1v) is 8.07. The van der Waals surface area contributed by atoms with Gasteiger partial charge in [-0.3, -0.25) is 0 Å². The number of hydrogen-bond donors (Lipinski definition) is 0. The number of ether oxygens (including phenoxy) is 2. The number of rotatable bonds is 6. The third-order valence-electron chi connectivity index (χ3n) is 3.35. The summed E-state index contributed by atoms with van der Waals surface area (Å²) in [6.07, 6.45) is 2.94. The lowest BCUT2D eigenvalue weighted by molar-refractivity contribution is 0.265. The molecular weight excluding hydrogens is 363 g/mol. The smallest absolute Gasteiger partial charge is 0.162 e. The van der Waals surface area contributed by atoms with Gasteiger partial charge in [0, 0.05) is 10.6 Å². The van der Waals surface area contributed by atoms with E-state index in [4.69, 9.17) is 32.7 Å². The van der Waals surface area contributed by atoms with Crippen LogP contribution in [0.25, 0.3) is 12.0 Å². The summed E-state index contributed by atoms with van der Waals surface area (Å²) < 4.78 is 11.1. The number of halogens is 2. The Balaban J connectivity index is 1.86. The second kappa shape index (κ2) is 8.00. The summed E-state index contributed by atoms with van der Waals surface area (Å²) in [6.45, 7) is 0.337. The van der Waals surface area contributed by atoms with Crippen molar-refractivity contribution in [3.63, 3.8) is 0 Å². The van der Waals surface area contributed by atoms with Crippen LogP contribution in [0.3, 0.4) is 0 Å². The first-order chi connectivity index (χ1) is 12.2. The molecule has 1 aromatic heterocycles. The fourth-order valence-electron chi connectivity index (χ4n) is 2.10. The van der Waals surface area contributed by atoms with Crippen molar-refractivity contribution in [2.45, 2.75) is 6.61 Å². The van der Waals surface area contributed by atoms with E-state index in [1.54, 1.807) is 31.5 Å². The molecule has 0 bridgehead atoms. The van der Waals surface area contributed by atoms with Gasteiger partial charge in [0.05, 0.1) is 18.3 Å². The summed E-state index contributed by atoms with van der Waals surface area (Å²) in [4.78, 5) is 1.30. The molecule has 3 rings (SSSR count). The molecule has 25 heavy (non-hydrogen) atoms. The van der Waals surface area contributed by atoms with E-state index >= 15 is 0 Å². The molecular formula is C17H14Cl2N4O2. The molecule has 0 amide bonds. The molecule has 0 N–H and O–H groups in total. The van der Waals surface area contributed by atoms with Crippen LogP contribution < -0.4 is 4.74 Å². The third kappa shape index (κ3) is 4.49. The molecule has 0 aliphatic carbocycles. The van der Waals surface area contributed by atoms with Gasteiger partial charge in [-0.1, -0.05) is 35.3 Å². The standard InChI is InChI=1S/C17H14Cl2N4O2/c1-24-14-5-2-12(3-6-14)10-25-17(9-23-21-11-20-22-23)15-7-4-13(18)8-16(15)19/h2-9,11H,10H2,1H3. The van der Waals surface area contributed by atoms with Gasteiger partial charge in [0.1, 0.15) is 18.1 Å². The second-order valence-corrected chi connectivity index (χ2v) is 5.85. The van der Waals surface area contributed by atoms with E-state index in [-0.39, 0.29) is 0 Å². The monoisotopic (exact) mass is 376 g/mol. The van der Waals surface area contributed by atoms with Crippen molar-refractivity contribution < 1.29 is 9.47 Å². The molecule has 0 aliphatic heterocycles. The Morgan fingerprint density at radius 1 is 1.16 bits per heavy atom. The van der Waals surface area contributed by atoms with Crippen molar-refractivity contribution in [1.29, 1.82) is 0 Å². The Labute approximate surface area is 154 Å². The molecule has 0 fully saturated rings. The zero-order chi connectivity index (χ0) is 17.6. The highest BCUT2D eigenvalue weighted by Crippen LogP contribution is 2.29. The maximum absolute atomic E-state index is 6.30. The number of hydrogen-bond acceptors (Lipinski definition) is 5. The van der Waals surface area contributed by atoms with Crippen LogP contribution in [-0.2, 0) is 11.3 Å². The fourth-order valence-corrected chi connectivity index (χ4v) is 2.60. The summed E-state index contributed by atoms with van der Waals surface area (Å²) >= 11 is 12.3. The molecule has 0 unspecified atom stereocenters. The summed E-state index contributed by atoms with van der Waals surface area (Å²) in [5.74, 6) is 1.28. The predicted molar refractivity (Wildman–Crippen MR) is 96.2 cm³/mol. The van der Waals surface area contributed by atoms with Gasteiger partial charge < -0.3 is 9.47 Å². The molecule has 128 valence electrons. The molecule has 0 atom stereocenters. The van der Waals surface area contributed by atoms with E-state index in [1.807, 2.05) is 24.3 Å². The highest BCUT2D eigenvalue weighted by molar-refractivity contribution is 6.35. The average Bonchev–Trinajstić information content (AvgIpc) is 3.12. The minimum atomic E-state index is 0.337. The van der Waals surface area contributed by atoms with Crippen molar-refractivity contribution in [3.8, 4) is 5.75 Å². The van der Waals surface area contributed by atoms with Gasteiger partial charge >= 0.3 is 0 Å². The van der Waals surface area contributed by atoms with Crippen LogP contribution in [-0.4, -0.2) is 27.3 Å². The zero-order valence-corrected chi connectivity index (χ0v) is 14.8. The van der Waals surface area contributed by atoms with Crippen LogP contribution in [0.2, 0.25) is 10.0 Å². The van der Waals surface area contributed by atoms with E-state index in [1.165, 1.54) is 11.1 Å². The lowest BCUT2D eigenvalue weighted by Gasteiger charge is -2.12. The highest BCUT2D eigenvalue weighted by Gasteiger charge is 2.10. The van der Waals surface area contributed by atoms with Crippen LogP contribution in [0.4, 0.5) is 0 Å². The van der Waals surface area contributed by atoms with E-state index in [0.29, 0.717) is 28.0 Å². The SMILES string of the molecule is COc1ccc(COC(=Cn2ncnn2)c2ccc(Cl)cc2Cl)cc1. The minimum absolute atomic E-state index is 0.337. The Bertz CT molecular complexity index is 865. The van der Waals surface area contributed by atoms with Crippen molar-refractivity contribution in [3.05, 3.63) is 70.0 Å². The van der Waals surface area contributed by atoms with Gasteiger partial charge in [-0.2, -0.15) is 0 Å². The summed E-state index contributed by atoms with van der Waals surface area (Å²) in [6, 6.07) is 12.8. The number of aromatic nitrogens is 4. The zero-order valence-electron chi connectivity index (χ0n) is 13.3. The molecule has 0 aliphatic rings. The molecule has 2 aromatic carbocycles. The van der Waals surface area contributed by atoms with Crippen LogP contribution in [0.5, 0.6) is 5.75 Å². The van der Waals surface area contributed by atoms with Crippen LogP contribution in [0, 0.1) is 0 Å². The highest BCUT2D eigenvalue weighted by atomic mass is 35.5. The molecule has 1 heterocycles. The lowest BCUT2D eigenvalue weighted by atomic mass is 10.2. The summed E-state index contributed by atoms with van der Waals surface area (Å²) in [5.41, 5.74) is 1.65. The van der Waals surface area contributed by atoms with Gasteiger partial charge in [-0.05, 0) is 41.1 Å². The largest absolute Gasteiger partial charge is 0.497 e. The molecule has 0 saturated heterocycles. The Kier molecular flexibility index (Phi) is 5.53. The molecule has 6 nitrogen and oxygen atoms in total. The van der Waals surface area contributed by atoms with Crippen molar-refractivity contribution >= 4 is 35.2 Å². The topological polar surface area (TPSA) is 62.1 Å².